The minimum Gasteiger partial charge on any atom is -0.481 e. The molecule has 108 valence electrons. The van der Waals surface area contributed by atoms with Crippen LogP contribution in [0, 0.1) is 17.3 Å². The second-order valence-corrected chi connectivity index (χ2v) is 6.11. The molecule has 1 heterocycles. The molecule has 5 heteroatoms. The van der Waals surface area contributed by atoms with E-state index in [9.17, 15) is 14.7 Å². The van der Waals surface area contributed by atoms with Gasteiger partial charge in [0.05, 0.1) is 11.3 Å². The van der Waals surface area contributed by atoms with Gasteiger partial charge in [0.25, 0.3) is 0 Å². The second-order valence-electron chi connectivity index (χ2n) is 6.11. The van der Waals surface area contributed by atoms with Gasteiger partial charge in [-0.15, -0.1) is 0 Å². The molecule has 1 amide bonds. The second kappa shape index (κ2) is 5.90. The van der Waals surface area contributed by atoms with E-state index in [0.717, 1.165) is 25.8 Å². The Morgan fingerprint density at radius 2 is 1.95 bits per heavy atom. The maximum atomic E-state index is 12.1. The molecule has 2 rings (SSSR count). The predicted octanol–water partition coefficient (Wildman–Crippen LogP) is 0.993. The quantitative estimate of drug-likeness (QED) is 0.710. The largest absolute Gasteiger partial charge is 0.481 e. The fraction of sp³-hybridized carbons (Fsp3) is 0.857. The van der Waals surface area contributed by atoms with Crippen LogP contribution in [0.25, 0.3) is 0 Å². The van der Waals surface area contributed by atoms with Gasteiger partial charge < -0.3 is 15.7 Å². The molecule has 0 unspecified atom stereocenters. The van der Waals surface area contributed by atoms with Crippen molar-refractivity contribution in [3.63, 3.8) is 0 Å². The summed E-state index contributed by atoms with van der Waals surface area (Å²) in [6.45, 7) is 3.90. The molecule has 2 fully saturated rings. The Balaban J connectivity index is 1.91. The summed E-state index contributed by atoms with van der Waals surface area (Å²) >= 11 is 0. The lowest BCUT2D eigenvalue weighted by Crippen LogP contribution is -2.46. The highest BCUT2D eigenvalue weighted by Gasteiger charge is 2.40. The monoisotopic (exact) mass is 268 g/mol. The summed E-state index contributed by atoms with van der Waals surface area (Å²) in [5.41, 5.74) is -0.733. The lowest BCUT2D eigenvalue weighted by molar-refractivity contribution is -0.151. The van der Waals surface area contributed by atoms with Crippen molar-refractivity contribution >= 4 is 11.9 Å². The molecule has 0 spiro atoms. The predicted molar refractivity (Wildman–Crippen MR) is 71.7 cm³/mol. The highest BCUT2D eigenvalue weighted by atomic mass is 16.4. The van der Waals surface area contributed by atoms with Crippen molar-refractivity contribution < 1.29 is 14.7 Å². The molecule has 0 radical (unpaired) electrons. The molecular formula is C14H24N2O3. The van der Waals surface area contributed by atoms with Crippen LogP contribution in [0.5, 0.6) is 0 Å². The van der Waals surface area contributed by atoms with Crippen LogP contribution in [-0.2, 0) is 9.59 Å². The number of aliphatic carboxylic acids is 1. The standard InChI is InChI=1S/C14H24N2O3/c1-10-7-15-8-11(10)12(17)16-9-14(13(18)19)5-3-2-4-6-14/h10-11,15H,2-9H2,1H3,(H,16,17)(H,18,19)/t10-,11-/m1/s1. The molecule has 1 saturated carbocycles. The van der Waals surface area contributed by atoms with Gasteiger partial charge >= 0.3 is 5.97 Å². The average Bonchev–Trinajstić information content (AvgIpc) is 2.83. The molecular weight excluding hydrogens is 244 g/mol. The van der Waals surface area contributed by atoms with E-state index in [1.165, 1.54) is 0 Å². The molecule has 0 aromatic rings. The number of amides is 1. The Kier molecular flexibility index (Phi) is 4.45. The first-order valence-electron chi connectivity index (χ1n) is 7.27. The number of hydrogen-bond donors (Lipinski definition) is 3. The van der Waals surface area contributed by atoms with Crippen molar-refractivity contribution in [3.05, 3.63) is 0 Å². The van der Waals surface area contributed by atoms with Crippen molar-refractivity contribution in [2.75, 3.05) is 19.6 Å². The lowest BCUT2D eigenvalue weighted by Gasteiger charge is -2.33. The van der Waals surface area contributed by atoms with Crippen molar-refractivity contribution in [2.24, 2.45) is 17.3 Å². The average molecular weight is 268 g/mol. The first-order valence-corrected chi connectivity index (χ1v) is 7.27. The third kappa shape index (κ3) is 3.08. The first-order chi connectivity index (χ1) is 9.05. The van der Waals surface area contributed by atoms with Gasteiger partial charge in [-0.3, -0.25) is 9.59 Å². The maximum absolute atomic E-state index is 12.1. The van der Waals surface area contributed by atoms with Crippen molar-refractivity contribution in [3.8, 4) is 0 Å². The summed E-state index contributed by atoms with van der Waals surface area (Å²) < 4.78 is 0. The highest BCUT2D eigenvalue weighted by Crippen LogP contribution is 2.36. The van der Waals surface area contributed by atoms with E-state index in [-0.39, 0.29) is 18.4 Å². The molecule has 5 nitrogen and oxygen atoms in total. The van der Waals surface area contributed by atoms with Crippen LogP contribution in [0.15, 0.2) is 0 Å². The zero-order valence-corrected chi connectivity index (χ0v) is 11.6. The third-order valence-electron chi connectivity index (χ3n) is 4.72. The van der Waals surface area contributed by atoms with E-state index in [1.54, 1.807) is 0 Å². The van der Waals surface area contributed by atoms with Crippen LogP contribution in [0.4, 0.5) is 0 Å². The zero-order chi connectivity index (χ0) is 13.9. The molecule has 1 aliphatic carbocycles. The van der Waals surface area contributed by atoms with Crippen LogP contribution in [0.3, 0.4) is 0 Å². The molecule has 1 aliphatic heterocycles. The molecule has 0 aromatic heterocycles. The molecule has 3 N–H and O–H groups in total. The summed E-state index contributed by atoms with van der Waals surface area (Å²) in [5.74, 6) is -0.449. The number of carbonyl (C=O) groups is 2. The number of carboxylic acid groups (broad SMARTS) is 1. The Labute approximate surface area is 114 Å². The fourth-order valence-electron chi connectivity index (χ4n) is 3.24. The Morgan fingerprint density at radius 1 is 1.26 bits per heavy atom. The van der Waals surface area contributed by atoms with Crippen molar-refractivity contribution in [1.29, 1.82) is 0 Å². The SMILES string of the molecule is C[C@@H]1CNC[C@H]1C(=O)NCC1(C(=O)O)CCCCC1. The fourth-order valence-corrected chi connectivity index (χ4v) is 3.24. The summed E-state index contributed by atoms with van der Waals surface area (Å²) in [7, 11) is 0. The van der Waals surface area contributed by atoms with E-state index >= 15 is 0 Å². The van der Waals surface area contributed by atoms with Gasteiger partial charge in [0.15, 0.2) is 0 Å². The van der Waals surface area contributed by atoms with Gasteiger partial charge in [-0.25, -0.2) is 0 Å². The summed E-state index contributed by atoms with van der Waals surface area (Å²) in [6.07, 6.45) is 4.36. The van der Waals surface area contributed by atoms with E-state index in [2.05, 4.69) is 17.6 Å². The number of hydrogen-bond acceptors (Lipinski definition) is 3. The van der Waals surface area contributed by atoms with E-state index in [4.69, 9.17) is 0 Å². The molecule has 1 saturated heterocycles. The van der Waals surface area contributed by atoms with Gasteiger partial charge in [0.1, 0.15) is 0 Å². The van der Waals surface area contributed by atoms with Crippen molar-refractivity contribution in [1.82, 2.24) is 10.6 Å². The minimum absolute atomic E-state index is 0.00342. The van der Waals surface area contributed by atoms with E-state index in [1.807, 2.05) is 0 Å². The van der Waals surface area contributed by atoms with Crippen LogP contribution >= 0.6 is 0 Å². The van der Waals surface area contributed by atoms with Crippen LogP contribution in [0.2, 0.25) is 0 Å². The van der Waals surface area contributed by atoms with Crippen LogP contribution in [0.1, 0.15) is 39.0 Å². The number of rotatable bonds is 4. The van der Waals surface area contributed by atoms with Gasteiger partial charge in [-0.05, 0) is 25.3 Å². The smallest absolute Gasteiger partial charge is 0.311 e. The van der Waals surface area contributed by atoms with E-state index < -0.39 is 11.4 Å². The van der Waals surface area contributed by atoms with E-state index in [0.29, 0.717) is 25.3 Å². The van der Waals surface area contributed by atoms with Crippen molar-refractivity contribution in [2.45, 2.75) is 39.0 Å². The molecule has 0 aromatic carbocycles. The van der Waals surface area contributed by atoms with Crippen LogP contribution in [-0.4, -0.2) is 36.6 Å². The third-order valence-corrected chi connectivity index (χ3v) is 4.72. The summed E-state index contributed by atoms with van der Waals surface area (Å²) in [6, 6.07) is 0. The van der Waals surface area contributed by atoms with Gasteiger partial charge in [-0.1, -0.05) is 26.2 Å². The van der Waals surface area contributed by atoms with Gasteiger partial charge in [0.2, 0.25) is 5.91 Å². The Morgan fingerprint density at radius 3 is 2.47 bits per heavy atom. The maximum Gasteiger partial charge on any atom is 0.311 e. The summed E-state index contributed by atoms with van der Waals surface area (Å²) in [5, 5.41) is 15.5. The highest BCUT2D eigenvalue weighted by molar-refractivity contribution is 5.81. The zero-order valence-electron chi connectivity index (χ0n) is 11.6. The molecule has 0 bridgehead atoms. The van der Waals surface area contributed by atoms with Gasteiger partial charge in [-0.2, -0.15) is 0 Å². The lowest BCUT2D eigenvalue weighted by atomic mass is 9.74. The topological polar surface area (TPSA) is 78.4 Å². The number of carboxylic acids is 1. The van der Waals surface area contributed by atoms with Crippen LogP contribution < -0.4 is 10.6 Å². The minimum atomic E-state index is -0.759. The number of nitrogens with one attached hydrogen (secondary N) is 2. The number of carbonyl (C=O) groups excluding carboxylic acids is 1. The molecule has 2 atom stereocenters. The first kappa shape index (κ1) is 14.3. The Hall–Kier alpha value is -1.10. The molecule has 19 heavy (non-hydrogen) atoms. The van der Waals surface area contributed by atoms with Gasteiger partial charge in [0, 0.05) is 13.1 Å². The Bertz CT molecular complexity index is 351. The normalized spacial score (nSPS) is 29.9. The molecule has 2 aliphatic rings. The summed E-state index contributed by atoms with van der Waals surface area (Å²) in [4.78, 5) is 23.6.